The Balaban J connectivity index is 0.000000286. The standard InChI is InChI=1S/C17H11Cl2NO4.C8H9F/c1-8-2-4-10(18)15-14(8)16(23)20(17(15)24)12-5-3-9(6-11(12)19)7-13(21)22;1-2-7-5-3-4-6-8(7)9/h2-6H,7H2,1H3,(H,21,22);3-6H,2H2,1H3. The lowest BCUT2D eigenvalue weighted by molar-refractivity contribution is -0.136. The molecule has 0 bridgehead atoms. The number of carbonyl (C=O) groups is 3. The van der Waals surface area contributed by atoms with E-state index in [-0.39, 0.29) is 39.1 Å². The van der Waals surface area contributed by atoms with Crippen LogP contribution in [0.1, 0.15) is 44.3 Å². The van der Waals surface area contributed by atoms with Crippen molar-refractivity contribution in [3.63, 3.8) is 0 Å². The van der Waals surface area contributed by atoms with E-state index in [1.807, 2.05) is 13.0 Å². The van der Waals surface area contributed by atoms with E-state index in [4.69, 9.17) is 28.3 Å². The van der Waals surface area contributed by atoms with Crippen molar-refractivity contribution in [3.05, 3.63) is 98.3 Å². The second-order valence-electron chi connectivity index (χ2n) is 7.36. The van der Waals surface area contributed by atoms with Crippen LogP contribution in [-0.2, 0) is 17.6 Å². The molecule has 1 heterocycles. The van der Waals surface area contributed by atoms with Gasteiger partial charge in [0.05, 0.1) is 33.3 Å². The van der Waals surface area contributed by atoms with Crippen molar-refractivity contribution >= 4 is 46.7 Å². The summed E-state index contributed by atoms with van der Waals surface area (Å²) >= 11 is 12.3. The fourth-order valence-corrected chi connectivity index (χ4v) is 4.03. The van der Waals surface area contributed by atoms with Crippen LogP contribution in [-0.4, -0.2) is 22.9 Å². The Morgan fingerprint density at radius 2 is 1.64 bits per heavy atom. The highest BCUT2D eigenvalue weighted by atomic mass is 35.5. The number of carboxylic acid groups (broad SMARTS) is 1. The van der Waals surface area contributed by atoms with Crippen LogP contribution < -0.4 is 4.90 Å². The van der Waals surface area contributed by atoms with E-state index in [9.17, 15) is 18.8 Å². The fraction of sp³-hybridized carbons (Fsp3) is 0.160. The van der Waals surface area contributed by atoms with E-state index >= 15 is 0 Å². The molecule has 5 nitrogen and oxygen atoms in total. The summed E-state index contributed by atoms with van der Waals surface area (Å²) in [7, 11) is 0. The van der Waals surface area contributed by atoms with Crippen LogP contribution in [0, 0.1) is 12.7 Å². The lowest BCUT2D eigenvalue weighted by atomic mass is 10.0. The Morgan fingerprint density at radius 3 is 2.18 bits per heavy atom. The molecule has 4 rings (SSSR count). The van der Waals surface area contributed by atoms with Gasteiger partial charge < -0.3 is 5.11 Å². The Labute approximate surface area is 200 Å². The van der Waals surface area contributed by atoms with Crippen molar-refractivity contribution in [2.45, 2.75) is 26.7 Å². The van der Waals surface area contributed by atoms with E-state index in [0.717, 1.165) is 16.9 Å². The van der Waals surface area contributed by atoms with Crippen molar-refractivity contribution in [1.29, 1.82) is 0 Å². The topological polar surface area (TPSA) is 74.7 Å². The van der Waals surface area contributed by atoms with Gasteiger partial charge in [0.1, 0.15) is 5.82 Å². The van der Waals surface area contributed by atoms with Crippen molar-refractivity contribution < 1.29 is 23.9 Å². The molecule has 1 aliphatic rings. The molecule has 0 fully saturated rings. The molecule has 0 spiro atoms. The second-order valence-corrected chi connectivity index (χ2v) is 8.18. The summed E-state index contributed by atoms with van der Waals surface area (Å²) in [5, 5.41) is 9.15. The number of hydrogen-bond donors (Lipinski definition) is 1. The lowest BCUT2D eigenvalue weighted by Gasteiger charge is -2.16. The molecule has 0 aliphatic carbocycles. The van der Waals surface area contributed by atoms with Gasteiger partial charge in [-0.2, -0.15) is 0 Å². The molecule has 3 aromatic rings. The van der Waals surface area contributed by atoms with Gasteiger partial charge >= 0.3 is 5.97 Å². The highest BCUT2D eigenvalue weighted by Gasteiger charge is 2.40. The third kappa shape index (κ3) is 5.07. The lowest BCUT2D eigenvalue weighted by Crippen LogP contribution is -2.29. The molecule has 0 radical (unpaired) electrons. The van der Waals surface area contributed by atoms with Crippen LogP contribution in [0.5, 0.6) is 0 Å². The highest BCUT2D eigenvalue weighted by molar-refractivity contribution is 6.44. The predicted octanol–water partition coefficient (Wildman–Crippen LogP) is 6.12. The molecule has 2 amide bonds. The number of carbonyl (C=O) groups excluding carboxylic acids is 2. The number of halogens is 3. The number of benzene rings is 3. The van der Waals surface area contributed by atoms with Crippen LogP contribution in [0.2, 0.25) is 10.0 Å². The first-order chi connectivity index (χ1) is 15.6. The number of aryl methyl sites for hydroxylation is 2. The molecule has 33 heavy (non-hydrogen) atoms. The number of rotatable bonds is 4. The highest BCUT2D eigenvalue weighted by Crippen LogP contribution is 2.37. The second kappa shape index (κ2) is 10.1. The molecule has 0 atom stereocenters. The van der Waals surface area contributed by atoms with Gasteiger partial charge in [0.2, 0.25) is 0 Å². The summed E-state index contributed by atoms with van der Waals surface area (Å²) in [4.78, 5) is 37.1. The van der Waals surface area contributed by atoms with Crippen molar-refractivity contribution in [2.75, 3.05) is 4.90 Å². The quantitative estimate of drug-likeness (QED) is 0.450. The van der Waals surface area contributed by atoms with Crippen LogP contribution in [0.4, 0.5) is 10.1 Å². The van der Waals surface area contributed by atoms with Gasteiger partial charge in [-0.3, -0.25) is 14.4 Å². The van der Waals surface area contributed by atoms with Crippen LogP contribution in [0.25, 0.3) is 0 Å². The monoisotopic (exact) mass is 487 g/mol. The molecule has 0 aromatic heterocycles. The average molecular weight is 488 g/mol. The Kier molecular flexibility index (Phi) is 7.51. The van der Waals surface area contributed by atoms with E-state index in [2.05, 4.69) is 0 Å². The molecule has 0 unspecified atom stereocenters. The SMILES string of the molecule is CCc1ccccc1F.Cc1ccc(Cl)c2c1C(=O)N(c1ccc(CC(=O)O)cc1Cl)C2=O. The number of amides is 2. The van der Waals surface area contributed by atoms with E-state index in [1.54, 1.807) is 31.2 Å². The number of aliphatic carboxylic acids is 1. The summed E-state index contributed by atoms with van der Waals surface area (Å²) in [6.07, 6.45) is 0.569. The van der Waals surface area contributed by atoms with Gasteiger partial charge in [-0.15, -0.1) is 0 Å². The molecule has 170 valence electrons. The number of anilines is 1. The Bertz CT molecular complexity index is 1220. The maximum Gasteiger partial charge on any atom is 0.307 e. The summed E-state index contributed by atoms with van der Waals surface area (Å²) in [6.45, 7) is 3.67. The van der Waals surface area contributed by atoms with E-state index < -0.39 is 17.8 Å². The first-order valence-electron chi connectivity index (χ1n) is 10.1. The minimum absolute atomic E-state index is 0.0972. The fourth-order valence-electron chi connectivity index (χ4n) is 3.50. The number of hydrogen-bond acceptors (Lipinski definition) is 3. The smallest absolute Gasteiger partial charge is 0.307 e. The molecule has 0 saturated carbocycles. The molecular formula is C25H20Cl2FNO4. The molecule has 3 aromatic carbocycles. The van der Waals surface area contributed by atoms with Gasteiger partial charge in [0.15, 0.2) is 0 Å². The Hall–Kier alpha value is -3.22. The van der Waals surface area contributed by atoms with Gasteiger partial charge in [0, 0.05) is 0 Å². The van der Waals surface area contributed by atoms with E-state index in [1.165, 1.54) is 24.3 Å². The summed E-state index contributed by atoms with van der Waals surface area (Å²) in [5.41, 5.74) is 2.53. The van der Waals surface area contributed by atoms with Crippen LogP contribution >= 0.6 is 23.2 Å². The van der Waals surface area contributed by atoms with Gasteiger partial charge in [-0.05, 0) is 54.3 Å². The maximum absolute atomic E-state index is 12.7. The zero-order chi connectivity index (χ0) is 24.3. The first kappa shape index (κ1) is 24.4. The molecule has 0 saturated heterocycles. The Morgan fingerprint density at radius 1 is 0.970 bits per heavy atom. The van der Waals surface area contributed by atoms with Crippen LogP contribution in [0.3, 0.4) is 0 Å². The predicted molar refractivity (Wildman–Crippen MR) is 126 cm³/mol. The van der Waals surface area contributed by atoms with Crippen LogP contribution in [0.15, 0.2) is 54.6 Å². The van der Waals surface area contributed by atoms with E-state index in [0.29, 0.717) is 11.1 Å². The third-order valence-electron chi connectivity index (χ3n) is 5.14. The minimum atomic E-state index is -0.998. The van der Waals surface area contributed by atoms with Crippen molar-refractivity contribution in [1.82, 2.24) is 0 Å². The minimum Gasteiger partial charge on any atom is -0.481 e. The maximum atomic E-state index is 12.7. The van der Waals surface area contributed by atoms with Gasteiger partial charge in [0.25, 0.3) is 11.8 Å². The largest absolute Gasteiger partial charge is 0.481 e. The number of imide groups is 1. The van der Waals surface area contributed by atoms with Crippen molar-refractivity contribution in [3.8, 4) is 0 Å². The zero-order valence-corrected chi connectivity index (χ0v) is 19.4. The first-order valence-corrected chi connectivity index (χ1v) is 10.8. The average Bonchev–Trinajstić information content (AvgIpc) is 3.03. The molecule has 8 heteroatoms. The number of fused-ring (bicyclic) bond motifs is 1. The normalized spacial score (nSPS) is 12.3. The molecule has 1 aliphatic heterocycles. The number of carboxylic acids is 1. The van der Waals surface area contributed by atoms with Crippen molar-refractivity contribution in [2.24, 2.45) is 0 Å². The number of nitrogens with zero attached hydrogens (tertiary/aromatic N) is 1. The summed E-state index contributed by atoms with van der Waals surface area (Å²) < 4.78 is 12.6. The molecule has 1 N–H and O–H groups in total. The summed E-state index contributed by atoms with van der Waals surface area (Å²) in [5.74, 6) is -2.14. The van der Waals surface area contributed by atoms with Gasteiger partial charge in [-0.1, -0.05) is 60.5 Å². The zero-order valence-electron chi connectivity index (χ0n) is 17.9. The molecular weight excluding hydrogens is 468 g/mol. The summed E-state index contributed by atoms with van der Waals surface area (Å²) in [6, 6.07) is 14.5. The van der Waals surface area contributed by atoms with Gasteiger partial charge in [-0.25, -0.2) is 9.29 Å². The third-order valence-corrected chi connectivity index (χ3v) is 5.76.